The maximum absolute atomic E-state index is 12.5. The number of hydrazone groups is 1. The lowest BCUT2D eigenvalue weighted by Gasteiger charge is -2.12. The van der Waals surface area contributed by atoms with Gasteiger partial charge in [-0.05, 0) is 18.2 Å². The van der Waals surface area contributed by atoms with Crippen molar-refractivity contribution in [3.8, 4) is 0 Å². The van der Waals surface area contributed by atoms with E-state index >= 15 is 0 Å². The van der Waals surface area contributed by atoms with Gasteiger partial charge in [0.1, 0.15) is 0 Å². The molecule has 20 heavy (non-hydrogen) atoms. The molecule has 1 aliphatic heterocycles. The van der Waals surface area contributed by atoms with Crippen LogP contribution < -0.4 is 5.01 Å². The van der Waals surface area contributed by atoms with Crippen LogP contribution in [0.1, 0.15) is 6.42 Å². The number of rotatable bonds is 2. The molecule has 0 atom stereocenters. The van der Waals surface area contributed by atoms with Crippen LogP contribution in [0.15, 0.2) is 34.3 Å². The number of anilines is 1. The molecule has 1 aliphatic rings. The summed E-state index contributed by atoms with van der Waals surface area (Å²) in [5.41, 5.74) is -1.22. The van der Waals surface area contributed by atoms with Crippen molar-refractivity contribution in [3.63, 3.8) is 0 Å². The van der Waals surface area contributed by atoms with Crippen molar-refractivity contribution >= 4 is 27.1 Å². The minimum Gasteiger partial charge on any atom is -0.272 e. The Bertz CT molecular complexity index is 695. The highest BCUT2D eigenvalue weighted by Gasteiger charge is 2.42. The SMILES string of the molecule is CS(=O)(=O)c1cccc(N2N=C(C(F)(F)F)CC2=O)c1. The quantitative estimate of drug-likeness (QED) is 0.836. The smallest absolute Gasteiger partial charge is 0.272 e. The Labute approximate surface area is 112 Å². The molecule has 0 aliphatic carbocycles. The molecule has 0 aromatic heterocycles. The van der Waals surface area contributed by atoms with Crippen molar-refractivity contribution in [1.29, 1.82) is 0 Å². The molecular weight excluding hydrogens is 297 g/mol. The molecule has 5 nitrogen and oxygen atoms in total. The monoisotopic (exact) mass is 306 g/mol. The van der Waals surface area contributed by atoms with Crippen LogP contribution in [-0.4, -0.2) is 32.5 Å². The molecule has 0 saturated heterocycles. The van der Waals surface area contributed by atoms with Crippen LogP contribution >= 0.6 is 0 Å². The van der Waals surface area contributed by atoms with Crippen molar-refractivity contribution in [2.75, 3.05) is 11.3 Å². The lowest BCUT2D eigenvalue weighted by molar-refractivity contribution is -0.117. The van der Waals surface area contributed by atoms with E-state index in [-0.39, 0.29) is 10.6 Å². The third-order valence-electron chi connectivity index (χ3n) is 2.59. The van der Waals surface area contributed by atoms with Crippen LogP contribution in [0.25, 0.3) is 0 Å². The van der Waals surface area contributed by atoms with E-state index in [0.29, 0.717) is 5.01 Å². The minimum absolute atomic E-state index is 0.0165. The predicted molar refractivity (Wildman–Crippen MR) is 65.1 cm³/mol. The molecular formula is C11H9F3N2O3S. The van der Waals surface area contributed by atoms with Crippen molar-refractivity contribution in [3.05, 3.63) is 24.3 Å². The van der Waals surface area contributed by atoms with E-state index < -0.39 is 34.1 Å². The number of hydrogen-bond acceptors (Lipinski definition) is 4. The van der Waals surface area contributed by atoms with Crippen LogP contribution in [0, 0.1) is 0 Å². The summed E-state index contributed by atoms with van der Waals surface area (Å²) < 4.78 is 60.2. The van der Waals surface area contributed by atoms with E-state index in [2.05, 4.69) is 5.10 Å². The van der Waals surface area contributed by atoms with Crippen molar-refractivity contribution in [1.82, 2.24) is 0 Å². The van der Waals surface area contributed by atoms with Crippen LogP contribution in [-0.2, 0) is 14.6 Å². The van der Waals surface area contributed by atoms with Crippen LogP contribution in [0.5, 0.6) is 0 Å². The van der Waals surface area contributed by atoms with Gasteiger partial charge in [-0.1, -0.05) is 6.07 Å². The zero-order valence-electron chi connectivity index (χ0n) is 10.2. The van der Waals surface area contributed by atoms with Gasteiger partial charge in [-0.15, -0.1) is 0 Å². The lowest BCUT2D eigenvalue weighted by atomic mass is 10.2. The van der Waals surface area contributed by atoms with E-state index in [4.69, 9.17) is 0 Å². The highest BCUT2D eigenvalue weighted by molar-refractivity contribution is 7.90. The first-order valence-corrected chi connectivity index (χ1v) is 7.26. The normalized spacial score (nSPS) is 16.5. The van der Waals surface area contributed by atoms with E-state index in [1.165, 1.54) is 18.2 Å². The molecule has 0 bridgehead atoms. The number of carbonyl (C=O) groups excluding carboxylic acids is 1. The molecule has 9 heteroatoms. The zero-order valence-corrected chi connectivity index (χ0v) is 11.0. The van der Waals surface area contributed by atoms with Gasteiger partial charge in [-0.3, -0.25) is 4.79 Å². The zero-order chi connectivity index (χ0) is 15.1. The van der Waals surface area contributed by atoms with Crippen LogP contribution in [0.3, 0.4) is 0 Å². The average molecular weight is 306 g/mol. The van der Waals surface area contributed by atoms with Gasteiger partial charge < -0.3 is 0 Å². The molecule has 2 rings (SSSR count). The number of amides is 1. The lowest BCUT2D eigenvalue weighted by Crippen LogP contribution is -2.22. The highest BCUT2D eigenvalue weighted by Crippen LogP contribution is 2.29. The van der Waals surface area contributed by atoms with Crippen LogP contribution in [0.4, 0.5) is 18.9 Å². The van der Waals surface area contributed by atoms with Gasteiger partial charge in [0.15, 0.2) is 15.5 Å². The molecule has 0 N–H and O–H groups in total. The van der Waals surface area contributed by atoms with Gasteiger partial charge in [-0.25, -0.2) is 13.4 Å². The number of alkyl halides is 3. The third-order valence-corrected chi connectivity index (χ3v) is 3.70. The number of carbonyl (C=O) groups is 1. The van der Waals surface area contributed by atoms with Gasteiger partial charge in [0.2, 0.25) is 0 Å². The number of halogens is 3. The fourth-order valence-electron chi connectivity index (χ4n) is 1.63. The molecule has 0 spiro atoms. The topological polar surface area (TPSA) is 66.8 Å². The van der Waals surface area contributed by atoms with Crippen molar-refractivity contribution in [2.45, 2.75) is 17.5 Å². The molecule has 0 unspecified atom stereocenters. The van der Waals surface area contributed by atoms with Crippen molar-refractivity contribution < 1.29 is 26.4 Å². The summed E-state index contributed by atoms with van der Waals surface area (Å²) >= 11 is 0. The Morgan fingerprint density at radius 2 is 1.95 bits per heavy atom. The summed E-state index contributed by atoms with van der Waals surface area (Å²) in [5, 5.41) is 3.78. The number of sulfone groups is 1. The second-order valence-corrected chi connectivity index (χ2v) is 6.21. The molecule has 1 amide bonds. The van der Waals surface area contributed by atoms with Gasteiger partial charge in [0.25, 0.3) is 5.91 Å². The minimum atomic E-state index is -4.68. The molecule has 0 fully saturated rings. The maximum Gasteiger partial charge on any atom is 0.431 e. The second-order valence-electron chi connectivity index (χ2n) is 4.20. The molecule has 108 valence electrons. The Balaban J connectivity index is 2.43. The Hall–Kier alpha value is -1.90. The largest absolute Gasteiger partial charge is 0.431 e. The first kappa shape index (κ1) is 14.5. The predicted octanol–water partition coefficient (Wildman–Crippen LogP) is 1.75. The van der Waals surface area contributed by atoms with Crippen LogP contribution in [0.2, 0.25) is 0 Å². The Morgan fingerprint density at radius 1 is 1.30 bits per heavy atom. The summed E-state index contributed by atoms with van der Waals surface area (Å²) in [4.78, 5) is 11.5. The molecule has 1 aromatic carbocycles. The van der Waals surface area contributed by atoms with Gasteiger partial charge >= 0.3 is 6.18 Å². The number of benzene rings is 1. The molecule has 1 aromatic rings. The van der Waals surface area contributed by atoms with E-state index in [9.17, 15) is 26.4 Å². The Kier molecular flexibility index (Phi) is 3.32. The van der Waals surface area contributed by atoms with Gasteiger partial charge in [0.05, 0.1) is 17.0 Å². The van der Waals surface area contributed by atoms with Gasteiger partial charge in [-0.2, -0.15) is 18.3 Å². The number of nitrogens with zero attached hydrogens (tertiary/aromatic N) is 2. The van der Waals surface area contributed by atoms with Crippen molar-refractivity contribution in [2.24, 2.45) is 5.10 Å². The van der Waals surface area contributed by atoms with E-state index in [0.717, 1.165) is 12.3 Å². The highest BCUT2D eigenvalue weighted by atomic mass is 32.2. The maximum atomic E-state index is 12.5. The number of hydrogen-bond donors (Lipinski definition) is 0. The summed E-state index contributed by atoms with van der Waals surface area (Å²) in [7, 11) is -3.52. The standard InChI is InChI=1S/C11H9F3N2O3S/c1-20(18,19)8-4-2-3-7(5-8)16-10(17)6-9(15-16)11(12,13)14/h2-5H,6H2,1H3. The second kappa shape index (κ2) is 4.58. The first-order chi connectivity index (χ1) is 9.09. The fourth-order valence-corrected chi connectivity index (χ4v) is 2.30. The average Bonchev–Trinajstić information content (AvgIpc) is 2.70. The third kappa shape index (κ3) is 2.82. The fraction of sp³-hybridized carbons (Fsp3) is 0.273. The molecule has 0 saturated carbocycles. The molecule has 1 heterocycles. The summed E-state index contributed by atoms with van der Waals surface area (Å²) in [5.74, 6) is -0.858. The summed E-state index contributed by atoms with van der Waals surface area (Å²) in [6.07, 6.45) is -4.58. The van der Waals surface area contributed by atoms with E-state index in [1.54, 1.807) is 0 Å². The summed E-state index contributed by atoms with van der Waals surface area (Å²) in [6.45, 7) is 0. The summed E-state index contributed by atoms with van der Waals surface area (Å²) in [6, 6.07) is 5.04. The first-order valence-electron chi connectivity index (χ1n) is 5.37. The van der Waals surface area contributed by atoms with E-state index in [1.807, 2.05) is 0 Å². The molecule has 0 radical (unpaired) electrons. The van der Waals surface area contributed by atoms with Gasteiger partial charge in [0, 0.05) is 6.26 Å². The Morgan fingerprint density at radius 3 is 2.45 bits per heavy atom.